The standard InChI is InChI=1S/C20H26N2O3/c1-13-8-18(20(24)22-16(4)15(3)11-23)9-14(2)19(13)25-12-17-6-5-7-21-10-17/h5-10,15-16,23H,11-12H2,1-4H3,(H,22,24). The molecule has 0 saturated heterocycles. The number of aliphatic hydroxyl groups is 1. The Morgan fingerprint density at radius 3 is 2.52 bits per heavy atom. The first-order valence-electron chi connectivity index (χ1n) is 8.47. The van der Waals surface area contributed by atoms with Crippen LogP contribution in [0.15, 0.2) is 36.7 Å². The number of carbonyl (C=O) groups excluding carboxylic acids is 1. The SMILES string of the molecule is Cc1cc(C(=O)NC(C)C(C)CO)cc(C)c1OCc1cccnc1. The summed E-state index contributed by atoms with van der Waals surface area (Å²) >= 11 is 0. The molecule has 0 spiro atoms. The van der Waals surface area contributed by atoms with Gasteiger partial charge in [0.2, 0.25) is 0 Å². The Morgan fingerprint density at radius 2 is 1.96 bits per heavy atom. The Hall–Kier alpha value is -2.40. The number of aliphatic hydroxyl groups excluding tert-OH is 1. The topological polar surface area (TPSA) is 71.5 Å². The number of aromatic nitrogens is 1. The van der Waals surface area contributed by atoms with Crippen molar-refractivity contribution in [2.45, 2.75) is 40.3 Å². The van der Waals surface area contributed by atoms with Crippen LogP contribution in [0.25, 0.3) is 0 Å². The van der Waals surface area contributed by atoms with Crippen LogP contribution in [-0.2, 0) is 6.61 Å². The summed E-state index contributed by atoms with van der Waals surface area (Å²) in [6, 6.07) is 7.40. The molecule has 2 aromatic rings. The highest BCUT2D eigenvalue weighted by atomic mass is 16.5. The highest BCUT2D eigenvalue weighted by Gasteiger charge is 2.17. The van der Waals surface area contributed by atoms with E-state index in [0.29, 0.717) is 12.2 Å². The molecule has 134 valence electrons. The zero-order valence-corrected chi connectivity index (χ0v) is 15.2. The van der Waals surface area contributed by atoms with Gasteiger partial charge >= 0.3 is 0 Å². The normalized spacial score (nSPS) is 13.2. The molecule has 5 nitrogen and oxygen atoms in total. The minimum Gasteiger partial charge on any atom is -0.488 e. The number of hydrogen-bond acceptors (Lipinski definition) is 4. The fourth-order valence-electron chi connectivity index (χ4n) is 2.54. The van der Waals surface area contributed by atoms with Gasteiger partial charge in [0, 0.05) is 36.2 Å². The average Bonchev–Trinajstić information content (AvgIpc) is 2.60. The van der Waals surface area contributed by atoms with Crippen molar-refractivity contribution < 1.29 is 14.6 Å². The van der Waals surface area contributed by atoms with E-state index in [1.807, 2.05) is 52.0 Å². The molecule has 1 heterocycles. The molecule has 2 rings (SSSR count). The van der Waals surface area contributed by atoms with Gasteiger partial charge in [0.05, 0.1) is 0 Å². The summed E-state index contributed by atoms with van der Waals surface area (Å²) in [4.78, 5) is 16.5. The lowest BCUT2D eigenvalue weighted by molar-refractivity contribution is 0.0916. The zero-order chi connectivity index (χ0) is 18.4. The van der Waals surface area contributed by atoms with E-state index in [0.717, 1.165) is 22.4 Å². The maximum absolute atomic E-state index is 12.4. The van der Waals surface area contributed by atoms with Gasteiger partial charge < -0.3 is 15.2 Å². The van der Waals surface area contributed by atoms with Gasteiger partial charge in [-0.15, -0.1) is 0 Å². The van der Waals surface area contributed by atoms with Crippen molar-refractivity contribution in [2.24, 2.45) is 5.92 Å². The summed E-state index contributed by atoms with van der Waals surface area (Å²) in [5.41, 5.74) is 3.42. The largest absolute Gasteiger partial charge is 0.488 e. The van der Waals surface area contributed by atoms with E-state index in [9.17, 15) is 9.90 Å². The molecular weight excluding hydrogens is 316 g/mol. The van der Waals surface area contributed by atoms with Crippen molar-refractivity contribution in [1.82, 2.24) is 10.3 Å². The Bertz CT molecular complexity index is 693. The number of nitrogens with zero attached hydrogens (tertiary/aromatic N) is 1. The van der Waals surface area contributed by atoms with Crippen LogP contribution in [0.1, 0.15) is 40.9 Å². The van der Waals surface area contributed by atoms with Gasteiger partial charge in [-0.2, -0.15) is 0 Å². The van der Waals surface area contributed by atoms with Crippen molar-refractivity contribution in [3.63, 3.8) is 0 Å². The van der Waals surface area contributed by atoms with Crippen LogP contribution in [0, 0.1) is 19.8 Å². The maximum atomic E-state index is 12.4. The highest BCUT2D eigenvalue weighted by molar-refractivity contribution is 5.95. The Labute approximate surface area is 149 Å². The number of carbonyl (C=O) groups is 1. The molecule has 5 heteroatoms. The summed E-state index contributed by atoms with van der Waals surface area (Å²) in [7, 11) is 0. The summed E-state index contributed by atoms with van der Waals surface area (Å²) in [5.74, 6) is 0.656. The molecule has 1 aromatic heterocycles. The number of rotatable bonds is 7. The van der Waals surface area contributed by atoms with Crippen molar-refractivity contribution >= 4 is 5.91 Å². The lowest BCUT2D eigenvalue weighted by Crippen LogP contribution is -2.38. The number of amides is 1. The van der Waals surface area contributed by atoms with E-state index >= 15 is 0 Å². The summed E-state index contributed by atoms with van der Waals surface area (Å²) in [6.45, 7) is 8.14. The molecule has 25 heavy (non-hydrogen) atoms. The third kappa shape index (κ3) is 5.03. The molecule has 1 aromatic carbocycles. The Balaban J connectivity index is 2.09. The summed E-state index contributed by atoms with van der Waals surface area (Å²) < 4.78 is 5.92. The summed E-state index contributed by atoms with van der Waals surface area (Å²) in [5, 5.41) is 12.1. The predicted octanol–water partition coefficient (Wildman–Crippen LogP) is 3.02. The molecule has 0 aliphatic heterocycles. The third-order valence-corrected chi connectivity index (χ3v) is 4.33. The highest BCUT2D eigenvalue weighted by Crippen LogP contribution is 2.26. The van der Waals surface area contributed by atoms with Gasteiger partial charge in [-0.05, 0) is 56.0 Å². The van der Waals surface area contributed by atoms with Crippen LogP contribution in [0.2, 0.25) is 0 Å². The van der Waals surface area contributed by atoms with E-state index < -0.39 is 0 Å². The monoisotopic (exact) mass is 342 g/mol. The number of pyridine rings is 1. The molecular formula is C20H26N2O3. The van der Waals surface area contributed by atoms with Crippen LogP contribution in [0.4, 0.5) is 0 Å². The first-order chi connectivity index (χ1) is 11.9. The average molecular weight is 342 g/mol. The van der Waals surface area contributed by atoms with Gasteiger partial charge in [-0.3, -0.25) is 9.78 Å². The third-order valence-electron chi connectivity index (χ3n) is 4.33. The van der Waals surface area contributed by atoms with E-state index in [1.54, 1.807) is 12.4 Å². The molecule has 0 radical (unpaired) electrons. The van der Waals surface area contributed by atoms with Gasteiger partial charge in [0.15, 0.2) is 0 Å². The first kappa shape index (κ1) is 18.9. The molecule has 2 unspecified atom stereocenters. The van der Waals surface area contributed by atoms with E-state index in [4.69, 9.17) is 4.74 Å². The van der Waals surface area contributed by atoms with Gasteiger partial charge in [-0.1, -0.05) is 13.0 Å². The molecule has 0 aliphatic rings. The van der Waals surface area contributed by atoms with Crippen molar-refractivity contribution in [3.05, 3.63) is 58.9 Å². The van der Waals surface area contributed by atoms with E-state index in [2.05, 4.69) is 10.3 Å². The second-order valence-corrected chi connectivity index (χ2v) is 6.51. The Morgan fingerprint density at radius 1 is 1.28 bits per heavy atom. The van der Waals surface area contributed by atoms with Crippen molar-refractivity contribution in [3.8, 4) is 5.75 Å². The maximum Gasteiger partial charge on any atom is 0.251 e. The quantitative estimate of drug-likeness (QED) is 0.811. The lowest BCUT2D eigenvalue weighted by atomic mass is 10.0. The number of benzene rings is 1. The second kappa shape index (κ2) is 8.62. The first-order valence-corrected chi connectivity index (χ1v) is 8.47. The number of hydrogen-bond donors (Lipinski definition) is 2. The molecule has 2 atom stereocenters. The predicted molar refractivity (Wildman–Crippen MR) is 97.7 cm³/mol. The van der Waals surface area contributed by atoms with Crippen molar-refractivity contribution in [2.75, 3.05) is 6.61 Å². The van der Waals surface area contributed by atoms with Crippen LogP contribution in [0.3, 0.4) is 0 Å². The fraction of sp³-hybridized carbons (Fsp3) is 0.400. The fourth-order valence-corrected chi connectivity index (χ4v) is 2.54. The number of nitrogens with one attached hydrogen (secondary N) is 1. The minimum atomic E-state index is -0.141. The van der Waals surface area contributed by atoms with Gasteiger partial charge in [0.1, 0.15) is 12.4 Å². The van der Waals surface area contributed by atoms with Crippen molar-refractivity contribution in [1.29, 1.82) is 0 Å². The molecule has 0 aliphatic carbocycles. The van der Waals surface area contributed by atoms with Crippen LogP contribution in [-0.4, -0.2) is 28.6 Å². The zero-order valence-electron chi connectivity index (χ0n) is 15.2. The van der Waals surface area contributed by atoms with Crippen LogP contribution < -0.4 is 10.1 Å². The molecule has 0 bridgehead atoms. The van der Waals surface area contributed by atoms with E-state index in [1.165, 1.54) is 0 Å². The van der Waals surface area contributed by atoms with Gasteiger partial charge in [-0.25, -0.2) is 0 Å². The molecule has 2 N–H and O–H groups in total. The number of ether oxygens (including phenoxy) is 1. The lowest BCUT2D eigenvalue weighted by Gasteiger charge is -2.20. The van der Waals surface area contributed by atoms with Crippen LogP contribution in [0.5, 0.6) is 5.75 Å². The number of aryl methyl sites for hydroxylation is 2. The molecule has 0 saturated carbocycles. The molecule has 0 fully saturated rings. The van der Waals surface area contributed by atoms with Gasteiger partial charge in [0.25, 0.3) is 5.91 Å². The minimum absolute atomic E-state index is 0.00762. The van der Waals surface area contributed by atoms with Crippen LogP contribution >= 0.6 is 0 Å². The molecule has 1 amide bonds. The Kier molecular flexibility index (Phi) is 6.53. The van der Waals surface area contributed by atoms with E-state index in [-0.39, 0.29) is 24.5 Å². The smallest absolute Gasteiger partial charge is 0.251 e. The second-order valence-electron chi connectivity index (χ2n) is 6.51. The summed E-state index contributed by atoms with van der Waals surface area (Å²) in [6.07, 6.45) is 3.50.